The molecule has 2 aromatic rings. The van der Waals surface area contributed by atoms with Crippen molar-refractivity contribution in [1.29, 1.82) is 0 Å². The third-order valence-electron chi connectivity index (χ3n) is 3.89. The Morgan fingerprint density at radius 3 is 2.80 bits per heavy atom. The summed E-state index contributed by atoms with van der Waals surface area (Å²) < 4.78 is 5.29. The van der Waals surface area contributed by atoms with E-state index >= 15 is 0 Å². The Morgan fingerprint density at radius 1 is 1.30 bits per heavy atom. The molecule has 1 aromatic carbocycles. The van der Waals surface area contributed by atoms with Crippen molar-refractivity contribution in [3.8, 4) is 0 Å². The molecule has 1 aliphatic rings. The highest BCUT2D eigenvalue weighted by molar-refractivity contribution is 5.97. The number of rotatable bonds is 2. The molecule has 1 amide bonds. The molecule has 0 spiro atoms. The molecule has 4 heteroatoms. The normalized spacial score (nSPS) is 15.7. The lowest BCUT2D eigenvalue weighted by Gasteiger charge is -2.11. The predicted octanol–water partition coefficient (Wildman–Crippen LogP) is 2.77. The zero-order valence-electron chi connectivity index (χ0n) is 11.4. The quantitative estimate of drug-likeness (QED) is 0.854. The van der Waals surface area contributed by atoms with Crippen molar-refractivity contribution in [3.05, 3.63) is 45.8 Å². The van der Waals surface area contributed by atoms with E-state index in [1.54, 1.807) is 6.07 Å². The summed E-state index contributed by atoms with van der Waals surface area (Å²) >= 11 is 0. The summed E-state index contributed by atoms with van der Waals surface area (Å²) in [6, 6.07) is 7.42. The van der Waals surface area contributed by atoms with Gasteiger partial charge < -0.3 is 9.73 Å². The number of hydrogen-bond donors (Lipinski definition) is 1. The number of para-hydroxylation sites is 1. The van der Waals surface area contributed by atoms with Gasteiger partial charge in [-0.05, 0) is 31.4 Å². The lowest BCUT2D eigenvalue weighted by molar-refractivity contribution is 0.0934. The summed E-state index contributed by atoms with van der Waals surface area (Å²) in [5.74, 6) is -0.325. The maximum atomic E-state index is 12.2. The van der Waals surface area contributed by atoms with Gasteiger partial charge in [0.25, 0.3) is 5.91 Å². The van der Waals surface area contributed by atoms with Gasteiger partial charge in [-0.15, -0.1) is 0 Å². The molecule has 0 saturated heterocycles. The highest BCUT2D eigenvalue weighted by atomic mass is 16.4. The van der Waals surface area contributed by atoms with Crippen molar-refractivity contribution in [3.63, 3.8) is 0 Å². The van der Waals surface area contributed by atoms with Crippen LogP contribution in [0.3, 0.4) is 0 Å². The molecule has 0 bridgehead atoms. The molecule has 4 nitrogen and oxygen atoms in total. The Balaban J connectivity index is 1.96. The Hall–Kier alpha value is -2.10. The second-order valence-electron chi connectivity index (χ2n) is 5.40. The van der Waals surface area contributed by atoms with Crippen molar-refractivity contribution >= 4 is 16.9 Å². The lowest BCUT2D eigenvalue weighted by Crippen LogP contribution is -2.35. The van der Waals surface area contributed by atoms with E-state index in [0.29, 0.717) is 5.58 Å². The van der Waals surface area contributed by atoms with Crippen molar-refractivity contribution < 1.29 is 9.21 Å². The summed E-state index contributed by atoms with van der Waals surface area (Å²) in [4.78, 5) is 24.2. The van der Waals surface area contributed by atoms with Crippen LogP contribution in [-0.2, 0) is 0 Å². The first-order valence-corrected chi connectivity index (χ1v) is 6.99. The van der Waals surface area contributed by atoms with Crippen LogP contribution in [0.15, 0.2) is 33.5 Å². The highest BCUT2D eigenvalue weighted by Crippen LogP contribution is 2.19. The van der Waals surface area contributed by atoms with Gasteiger partial charge >= 0.3 is 5.63 Å². The predicted molar refractivity (Wildman–Crippen MR) is 76.9 cm³/mol. The fraction of sp³-hybridized carbons (Fsp3) is 0.375. The monoisotopic (exact) mass is 271 g/mol. The second-order valence-corrected chi connectivity index (χ2v) is 5.40. The van der Waals surface area contributed by atoms with Crippen LogP contribution in [0.2, 0.25) is 0 Å². The SMILES string of the molecule is Cc1cccc2cc(C(=O)NC3CCCC3)c(=O)oc12. The number of hydrogen-bond acceptors (Lipinski definition) is 3. The van der Waals surface area contributed by atoms with E-state index in [0.717, 1.165) is 36.6 Å². The fourth-order valence-electron chi connectivity index (χ4n) is 2.78. The van der Waals surface area contributed by atoms with Gasteiger partial charge in [0.15, 0.2) is 0 Å². The standard InChI is InChI=1S/C16H17NO3/c1-10-5-4-6-11-9-13(16(19)20-14(10)11)15(18)17-12-7-2-3-8-12/h4-6,9,12H,2-3,7-8H2,1H3,(H,17,18). The molecule has 1 saturated carbocycles. The zero-order valence-corrected chi connectivity index (χ0v) is 11.4. The number of carbonyl (C=O) groups is 1. The second kappa shape index (κ2) is 5.12. The molecule has 0 aliphatic heterocycles. The maximum absolute atomic E-state index is 12.2. The van der Waals surface area contributed by atoms with Crippen LogP contribution in [0, 0.1) is 6.92 Å². The van der Waals surface area contributed by atoms with Crippen LogP contribution in [0.1, 0.15) is 41.6 Å². The maximum Gasteiger partial charge on any atom is 0.349 e. The summed E-state index contributed by atoms with van der Waals surface area (Å²) in [6.45, 7) is 1.88. The van der Waals surface area contributed by atoms with E-state index in [-0.39, 0.29) is 17.5 Å². The lowest BCUT2D eigenvalue weighted by atomic mass is 10.1. The van der Waals surface area contributed by atoms with Gasteiger partial charge in [-0.1, -0.05) is 31.0 Å². The van der Waals surface area contributed by atoms with E-state index in [1.807, 2.05) is 25.1 Å². The topological polar surface area (TPSA) is 59.3 Å². The first-order chi connectivity index (χ1) is 9.65. The van der Waals surface area contributed by atoms with Crippen LogP contribution < -0.4 is 10.9 Å². The van der Waals surface area contributed by atoms with Gasteiger partial charge in [-0.25, -0.2) is 4.79 Å². The van der Waals surface area contributed by atoms with Crippen molar-refractivity contribution in [2.75, 3.05) is 0 Å². The minimum atomic E-state index is -0.567. The van der Waals surface area contributed by atoms with Crippen molar-refractivity contribution in [1.82, 2.24) is 5.32 Å². The van der Waals surface area contributed by atoms with Crippen LogP contribution in [0.5, 0.6) is 0 Å². The Morgan fingerprint density at radius 2 is 2.05 bits per heavy atom. The van der Waals surface area contributed by atoms with E-state index in [1.165, 1.54) is 0 Å². The average molecular weight is 271 g/mol. The average Bonchev–Trinajstić information content (AvgIpc) is 2.92. The molecule has 0 radical (unpaired) electrons. The van der Waals surface area contributed by atoms with Gasteiger partial charge in [0, 0.05) is 11.4 Å². The minimum Gasteiger partial charge on any atom is -0.422 e. The molecule has 1 N–H and O–H groups in total. The molecule has 1 aromatic heterocycles. The summed E-state index contributed by atoms with van der Waals surface area (Å²) in [6.07, 6.45) is 4.25. The van der Waals surface area contributed by atoms with Crippen molar-refractivity contribution in [2.24, 2.45) is 0 Å². The molecule has 1 heterocycles. The number of fused-ring (bicyclic) bond motifs is 1. The van der Waals surface area contributed by atoms with Gasteiger partial charge in [0.2, 0.25) is 0 Å². The van der Waals surface area contributed by atoms with Gasteiger partial charge in [0.1, 0.15) is 11.1 Å². The summed E-state index contributed by atoms with van der Waals surface area (Å²) in [7, 11) is 0. The van der Waals surface area contributed by atoms with Gasteiger partial charge in [0.05, 0.1) is 0 Å². The van der Waals surface area contributed by atoms with E-state index in [4.69, 9.17) is 4.42 Å². The highest BCUT2D eigenvalue weighted by Gasteiger charge is 2.20. The van der Waals surface area contributed by atoms with Crippen LogP contribution in [0.4, 0.5) is 0 Å². The Labute approximate surface area is 116 Å². The zero-order chi connectivity index (χ0) is 14.1. The van der Waals surface area contributed by atoms with E-state index < -0.39 is 5.63 Å². The largest absolute Gasteiger partial charge is 0.422 e. The van der Waals surface area contributed by atoms with Crippen LogP contribution in [0.25, 0.3) is 11.0 Å². The van der Waals surface area contributed by atoms with Crippen LogP contribution >= 0.6 is 0 Å². The Bertz CT molecular complexity index is 711. The smallest absolute Gasteiger partial charge is 0.349 e. The number of nitrogens with one attached hydrogen (secondary N) is 1. The minimum absolute atomic E-state index is 0.0926. The number of aryl methyl sites for hydroxylation is 1. The molecule has 104 valence electrons. The van der Waals surface area contributed by atoms with Gasteiger partial charge in [-0.3, -0.25) is 4.79 Å². The van der Waals surface area contributed by atoms with Crippen LogP contribution in [-0.4, -0.2) is 11.9 Å². The summed E-state index contributed by atoms with van der Waals surface area (Å²) in [5.41, 5.74) is 0.967. The number of amides is 1. The van der Waals surface area contributed by atoms with E-state index in [2.05, 4.69) is 5.32 Å². The molecule has 3 rings (SSSR count). The van der Waals surface area contributed by atoms with E-state index in [9.17, 15) is 9.59 Å². The van der Waals surface area contributed by atoms with Crippen molar-refractivity contribution in [2.45, 2.75) is 38.6 Å². The first kappa shape index (κ1) is 12.9. The fourth-order valence-corrected chi connectivity index (χ4v) is 2.78. The third-order valence-corrected chi connectivity index (χ3v) is 3.89. The Kier molecular flexibility index (Phi) is 3.30. The molecule has 0 unspecified atom stereocenters. The molecule has 0 atom stereocenters. The summed E-state index contributed by atoms with van der Waals surface area (Å²) in [5, 5.41) is 3.70. The third kappa shape index (κ3) is 2.33. The molecule has 20 heavy (non-hydrogen) atoms. The molecular weight excluding hydrogens is 254 g/mol. The first-order valence-electron chi connectivity index (χ1n) is 6.99. The molecule has 1 aliphatic carbocycles. The number of benzene rings is 1. The molecular formula is C16H17NO3. The number of carbonyl (C=O) groups excluding carboxylic acids is 1. The van der Waals surface area contributed by atoms with Gasteiger partial charge in [-0.2, -0.15) is 0 Å². The molecule has 1 fully saturated rings.